The number of thioether (sulfide) groups is 1. The monoisotopic (exact) mass is 560 g/mol. The second kappa shape index (κ2) is 12.5. The number of benzene rings is 3. The van der Waals surface area contributed by atoms with Crippen LogP contribution in [0.5, 0.6) is 11.5 Å². The van der Waals surface area contributed by atoms with Gasteiger partial charge >= 0.3 is 0 Å². The van der Waals surface area contributed by atoms with E-state index >= 15 is 0 Å². The summed E-state index contributed by atoms with van der Waals surface area (Å²) in [5, 5.41) is 2.95. The molecule has 202 valence electrons. The predicted octanol–water partition coefficient (Wildman–Crippen LogP) is 6.99. The van der Waals surface area contributed by atoms with Crippen molar-refractivity contribution >= 4 is 51.9 Å². The fourth-order valence-corrected chi connectivity index (χ4v) is 5.96. The van der Waals surface area contributed by atoms with Crippen LogP contribution in [0.25, 0.3) is 6.08 Å². The Morgan fingerprint density at radius 3 is 2.38 bits per heavy atom. The lowest BCUT2D eigenvalue weighted by Gasteiger charge is -2.23. The quantitative estimate of drug-likeness (QED) is 0.225. The number of amides is 2. The van der Waals surface area contributed by atoms with Gasteiger partial charge in [-0.1, -0.05) is 78.1 Å². The number of anilines is 1. The first-order valence-electron chi connectivity index (χ1n) is 12.8. The third-order valence-corrected chi connectivity index (χ3v) is 7.69. The molecular formula is C31H32N2O4S2. The van der Waals surface area contributed by atoms with Gasteiger partial charge in [0.15, 0.2) is 18.1 Å². The molecule has 0 radical (unpaired) electrons. The first-order chi connectivity index (χ1) is 18.7. The maximum absolute atomic E-state index is 13.3. The SMILES string of the molecule is CCOc1cc(/C=C2\SC(=S)N([C@@H](C)c3ccccc3)C2=O)ccc1OCC(=O)Nc1c(C)cc(C)cc1C. The van der Waals surface area contributed by atoms with Crippen LogP contribution in [-0.2, 0) is 9.59 Å². The molecule has 1 N–H and O–H groups in total. The first kappa shape index (κ1) is 28.4. The molecule has 1 saturated heterocycles. The lowest BCUT2D eigenvalue weighted by molar-refractivity contribution is -0.123. The number of nitrogens with one attached hydrogen (secondary N) is 1. The molecule has 1 atom stereocenters. The van der Waals surface area contributed by atoms with Gasteiger partial charge < -0.3 is 14.8 Å². The van der Waals surface area contributed by atoms with Gasteiger partial charge in [-0.3, -0.25) is 14.5 Å². The summed E-state index contributed by atoms with van der Waals surface area (Å²) in [5.74, 6) is 0.562. The Morgan fingerprint density at radius 1 is 1.03 bits per heavy atom. The summed E-state index contributed by atoms with van der Waals surface area (Å²) < 4.78 is 12.1. The van der Waals surface area contributed by atoms with Gasteiger partial charge in [-0.15, -0.1) is 0 Å². The van der Waals surface area contributed by atoms with Gasteiger partial charge in [0.05, 0.1) is 17.6 Å². The number of hydrogen-bond donors (Lipinski definition) is 1. The molecule has 3 aromatic carbocycles. The van der Waals surface area contributed by atoms with E-state index < -0.39 is 0 Å². The van der Waals surface area contributed by atoms with Crippen molar-refractivity contribution in [3.63, 3.8) is 0 Å². The second-order valence-electron chi connectivity index (χ2n) is 9.39. The molecule has 1 heterocycles. The van der Waals surface area contributed by atoms with Gasteiger partial charge in [-0.25, -0.2) is 0 Å². The molecule has 0 unspecified atom stereocenters. The molecule has 0 saturated carbocycles. The van der Waals surface area contributed by atoms with E-state index in [1.165, 1.54) is 11.8 Å². The van der Waals surface area contributed by atoms with E-state index in [9.17, 15) is 9.59 Å². The van der Waals surface area contributed by atoms with Crippen molar-refractivity contribution in [3.8, 4) is 11.5 Å². The van der Waals surface area contributed by atoms with Gasteiger partial charge in [-0.05, 0) is 75.1 Å². The number of carbonyl (C=O) groups excluding carboxylic acids is 2. The Bertz CT molecular complexity index is 1410. The van der Waals surface area contributed by atoms with Crippen molar-refractivity contribution in [2.24, 2.45) is 0 Å². The Morgan fingerprint density at radius 2 is 1.72 bits per heavy atom. The number of ether oxygens (including phenoxy) is 2. The van der Waals surface area contributed by atoms with E-state index in [-0.39, 0.29) is 24.5 Å². The zero-order valence-corrected chi connectivity index (χ0v) is 24.4. The number of nitrogens with zero attached hydrogens (tertiary/aromatic N) is 1. The van der Waals surface area contributed by atoms with Crippen LogP contribution in [0.1, 0.15) is 47.7 Å². The summed E-state index contributed by atoms with van der Waals surface area (Å²) in [6.45, 7) is 10.1. The number of thiocarbonyl (C=S) groups is 1. The average molecular weight is 561 g/mol. The lowest BCUT2D eigenvalue weighted by atomic mass is 10.1. The largest absolute Gasteiger partial charge is 0.490 e. The van der Waals surface area contributed by atoms with Crippen LogP contribution in [-0.4, -0.2) is 34.2 Å². The minimum atomic E-state index is -0.257. The standard InChI is InChI=1S/C31H32N2O4S2/c1-6-36-26-16-23(17-27-30(35)33(31(38)39-27)22(5)24-10-8-7-9-11-24)12-13-25(26)37-18-28(34)32-29-20(3)14-19(2)15-21(29)4/h7-17,22H,6,18H2,1-5H3,(H,32,34)/b27-17-/t22-/m0/s1. The fraction of sp³-hybridized carbons (Fsp3) is 0.258. The highest BCUT2D eigenvalue weighted by Crippen LogP contribution is 2.39. The number of hydrogen-bond acceptors (Lipinski definition) is 6. The highest BCUT2D eigenvalue weighted by Gasteiger charge is 2.35. The van der Waals surface area contributed by atoms with Crippen LogP contribution in [0.4, 0.5) is 5.69 Å². The zero-order valence-electron chi connectivity index (χ0n) is 22.7. The maximum atomic E-state index is 13.3. The first-order valence-corrected chi connectivity index (χ1v) is 14.0. The molecular weight excluding hydrogens is 528 g/mol. The Balaban J connectivity index is 1.47. The molecule has 1 aliphatic rings. The molecule has 0 aromatic heterocycles. The summed E-state index contributed by atoms with van der Waals surface area (Å²) in [7, 11) is 0. The van der Waals surface area contributed by atoms with Crippen molar-refractivity contribution < 1.29 is 19.1 Å². The highest BCUT2D eigenvalue weighted by atomic mass is 32.2. The van der Waals surface area contributed by atoms with Crippen molar-refractivity contribution in [2.75, 3.05) is 18.5 Å². The normalized spacial score (nSPS) is 15.0. The highest BCUT2D eigenvalue weighted by molar-refractivity contribution is 8.26. The van der Waals surface area contributed by atoms with Gasteiger partial charge in [-0.2, -0.15) is 0 Å². The minimum absolute atomic E-state index is 0.127. The average Bonchev–Trinajstić information content (AvgIpc) is 3.18. The molecule has 6 nitrogen and oxygen atoms in total. The van der Waals surface area contributed by atoms with E-state index in [0.29, 0.717) is 27.3 Å². The second-order valence-corrected chi connectivity index (χ2v) is 11.1. The van der Waals surface area contributed by atoms with Crippen LogP contribution in [0, 0.1) is 20.8 Å². The molecule has 39 heavy (non-hydrogen) atoms. The van der Waals surface area contributed by atoms with Crippen molar-refractivity contribution in [3.05, 3.63) is 93.4 Å². The van der Waals surface area contributed by atoms with E-state index in [2.05, 4.69) is 5.32 Å². The zero-order chi connectivity index (χ0) is 28.1. The van der Waals surface area contributed by atoms with Crippen LogP contribution >= 0.6 is 24.0 Å². The third kappa shape index (κ3) is 6.69. The Kier molecular flexibility index (Phi) is 9.09. The van der Waals surface area contributed by atoms with Crippen molar-refractivity contribution in [2.45, 2.75) is 40.7 Å². The van der Waals surface area contributed by atoms with Crippen LogP contribution in [0.15, 0.2) is 65.6 Å². The van der Waals surface area contributed by atoms with Gasteiger partial charge in [0, 0.05) is 5.69 Å². The summed E-state index contributed by atoms with van der Waals surface area (Å²) >= 11 is 6.83. The molecule has 4 rings (SSSR count). The van der Waals surface area contributed by atoms with E-state index in [1.807, 2.05) is 83.1 Å². The van der Waals surface area contributed by atoms with Crippen LogP contribution < -0.4 is 14.8 Å². The molecule has 0 spiro atoms. The Labute approximate surface area is 239 Å². The van der Waals surface area contributed by atoms with Crippen LogP contribution in [0.3, 0.4) is 0 Å². The van der Waals surface area contributed by atoms with Gasteiger partial charge in [0.2, 0.25) is 0 Å². The third-order valence-electron chi connectivity index (χ3n) is 6.36. The molecule has 0 aliphatic carbocycles. The Hall–Kier alpha value is -3.62. The summed E-state index contributed by atoms with van der Waals surface area (Å²) in [6.07, 6.45) is 1.80. The lowest BCUT2D eigenvalue weighted by Crippen LogP contribution is -2.30. The number of rotatable bonds is 9. The predicted molar refractivity (Wildman–Crippen MR) is 162 cm³/mol. The molecule has 1 fully saturated rings. The molecule has 8 heteroatoms. The molecule has 3 aromatic rings. The van der Waals surface area contributed by atoms with E-state index in [0.717, 1.165) is 33.5 Å². The number of aryl methyl sites for hydroxylation is 3. The fourth-order valence-electron chi connectivity index (χ4n) is 4.54. The molecule has 0 bridgehead atoms. The smallest absolute Gasteiger partial charge is 0.266 e. The van der Waals surface area contributed by atoms with E-state index in [4.69, 9.17) is 21.7 Å². The molecule has 1 aliphatic heterocycles. The number of carbonyl (C=O) groups is 2. The summed E-state index contributed by atoms with van der Waals surface area (Å²) in [6, 6.07) is 19.1. The topological polar surface area (TPSA) is 67.9 Å². The molecule has 2 amide bonds. The van der Waals surface area contributed by atoms with Gasteiger partial charge in [0.25, 0.3) is 11.8 Å². The minimum Gasteiger partial charge on any atom is -0.490 e. The maximum Gasteiger partial charge on any atom is 0.266 e. The van der Waals surface area contributed by atoms with Crippen molar-refractivity contribution in [1.82, 2.24) is 4.90 Å². The summed E-state index contributed by atoms with van der Waals surface area (Å²) in [4.78, 5) is 28.1. The summed E-state index contributed by atoms with van der Waals surface area (Å²) in [5.41, 5.74) is 5.75. The van der Waals surface area contributed by atoms with Gasteiger partial charge in [0.1, 0.15) is 4.32 Å². The van der Waals surface area contributed by atoms with Crippen molar-refractivity contribution in [1.29, 1.82) is 0 Å². The van der Waals surface area contributed by atoms with E-state index in [1.54, 1.807) is 23.1 Å². The van der Waals surface area contributed by atoms with Crippen LogP contribution in [0.2, 0.25) is 0 Å².